The van der Waals surface area contributed by atoms with E-state index in [1.165, 1.54) is 0 Å². The summed E-state index contributed by atoms with van der Waals surface area (Å²) in [6, 6.07) is 12.8. The third-order valence-corrected chi connectivity index (χ3v) is 5.83. The maximum absolute atomic E-state index is 13.3. The van der Waals surface area contributed by atoms with Crippen molar-refractivity contribution >= 4 is 34.3 Å². The number of unbranched alkanes of at least 4 members (excludes halogenated alkanes) is 3. The Balaban J connectivity index is 1.84. The van der Waals surface area contributed by atoms with Gasteiger partial charge in [0.25, 0.3) is 5.91 Å². The number of nitrogens with one attached hydrogen (secondary N) is 1. The minimum Gasteiger partial charge on any atom is -0.356 e. The van der Waals surface area contributed by atoms with Crippen LogP contribution in [0.5, 0.6) is 0 Å². The first-order chi connectivity index (χ1) is 14.9. The second-order valence-electron chi connectivity index (χ2n) is 7.96. The third kappa shape index (κ3) is 5.54. The van der Waals surface area contributed by atoms with Crippen molar-refractivity contribution in [1.29, 1.82) is 0 Å². The first-order valence-corrected chi connectivity index (χ1v) is 11.2. The molecule has 3 N–H and O–H groups in total. The van der Waals surface area contributed by atoms with E-state index in [0.29, 0.717) is 23.7 Å². The number of nitrogens with two attached hydrogens (primary N) is 1. The molecular formula is C25H30ClN3O2. The van der Waals surface area contributed by atoms with E-state index in [4.69, 9.17) is 17.3 Å². The molecule has 0 bridgehead atoms. The second-order valence-corrected chi connectivity index (χ2v) is 8.40. The summed E-state index contributed by atoms with van der Waals surface area (Å²) < 4.78 is 1.70. The highest BCUT2D eigenvalue weighted by molar-refractivity contribution is 6.30. The van der Waals surface area contributed by atoms with E-state index in [0.717, 1.165) is 53.4 Å². The molecule has 164 valence electrons. The maximum Gasteiger partial charge on any atom is 0.262 e. The molecule has 6 heteroatoms. The van der Waals surface area contributed by atoms with Crippen LogP contribution in [0.15, 0.2) is 42.5 Å². The molecule has 1 heterocycles. The number of benzene rings is 2. The summed E-state index contributed by atoms with van der Waals surface area (Å²) in [4.78, 5) is 25.9. The van der Waals surface area contributed by atoms with Crippen LogP contribution in [0.4, 0.5) is 0 Å². The number of hydrogen-bond acceptors (Lipinski definition) is 3. The van der Waals surface area contributed by atoms with Gasteiger partial charge in [-0.15, -0.1) is 0 Å². The summed E-state index contributed by atoms with van der Waals surface area (Å²) in [7, 11) is 0. The predicted octanol–water partition coefficient (Wildman–Crippen LogP) is 4.78. The molecule has 31 heavy (non-hydrogen) atoms. The summed E-state index contributed by atoms with van der Waals surface area (Å²) in [5.41, 5.74) is 9.65. The Morgan fingerprint density at radius 1 is 1.00 bits per heavy atom. The van der Waals surface area contributed by atoms with E-state index in [9.17, 15) is 9.59 Å². The zero-order valence-corrected chi connectivity index (χ0v) is 19.0. The van der Waals surface area contributed by atoms with Gasteiger partial charge in [-0.2, -0.15) is 0 Å². The van der Waals surface area contributed by atoms with Gasteiger partial charge < -0.3 is 11.1 Å². The van der Waals surface area contributed by atoms with Crippen molar-refractivity contribution in [2.75, 3.05) is 13.1 Å². The van der Waals surface area contributed by atoms with Gasteiger partial charge in [0.05, 0.1) is 11.9 Å². The minimum atomic E-state index is -0.130. The van der Waals surface area contributed by atoms with Crippen molar-refractivity contribution in [3.05, 3.63) is 69.9 Å². The standard InChI is InChI=1S/C25H30ClN3O2/c1-17-7-12-23-22(15-17)21(16-24(30)28-14-6-4-3-5-13-27)18(2)29(23)25(31)19-8-10-20(26)11-9-19/h7-12,15H,3-6,13-14,16,27H2,1-2H3,(H,28,30). The summed E-state index contributed by atoms with van der Waals surface area (Å²) in [5.74, 6) is -0.156. The first kappa shape index (κ1) is 23.0. The van der Waals surface area contributed by atoms with Crippen molar-refractivity contribution < 1.29 is 9.59 Å². The van der Waals surface area contributed by atoms with Crippen molar-refractivity contribution in [3.63, 3.8) is 0 Å². The molecule has 0 aliphatic heterocycles. The van der Waals surface area contributed by atoms with Crippen LogP contribution in [-0.2, 0) is 11.2 Å². The molecule has 1 aromatic heterocycles. The largest absolute Gasteiger partial charge is 0.356 e. The minimum absolute atomic E-state index is 0.0265. The second kappa shape index (κ2) is 10.6. The fourth-order valence-electron chi connectivity index (χ4n) is 3.88. The highest BCUT2D eigenvalue weighted by atomic mass is 35.5. The summed E-state index contributed by atoms with van der Waals surface area (Å²) in [6.07, 6.45) is 4.36. The number of carbonyl (C=O) groups is 2. The van der Waals surface area contributed by atoms with Crippen LogP contribution in [-0.4, -0.2) is 29.5 Å². The molecule has 1 amide bonds. The molecule has 2 aromatic carbocycles. The topological polar surface area (TPSA) is 77.1 Å². The number of carbonyl (C=O) groups excluding carboxylic acids is 2. The highest BCUT2D eigenvalue weighted by Gasteiger charge is 2.21. The number of fused-ring (bicyclic) bond motifs is 1. The van der Waals surface area contributed by atoms with Crippen LogP contribution in [0.1, 0.15) is 52.9 Å². The molecular weight excluding hydrogens is 410 g/mol. The van der Waals surface area contributed by atoms with E-state index in [-0.39, 0.29) is 18.2 Å². The molecule has 0 unspecified atom stereocenters. The van der Waals surface area contributed by atoms with E-state index in [1.54, 1.807) is 28.8 Å². The molecule has 0 fully saturated rings. The summed E-state index contributed by atoms with van der Waals surface area (Å²) in [6.45, 7) is 5.28. The summed E-state index contributed by atoms with van der Waals surface area (Å²) in [5, 5.41) is 4.54. The van der Waals surface area contributed by atoms with Crippen molar-refractivity contribution in [2.24, 2.45) is 5.73 Å². The summed E-state index contributed by atoms with van der Waals surface area (Å²) >= 11 is 5.98. The van der Waals surface area contributed by atoms with Gasteiger partial charge in [0, 0.05) is 28.2 Å². The SMILES string of the molecule is Cc1ccc2c(c1)c(CC(=O)NCCCCCCN)c(C)n2C(=O)c1ccc(Cl)cc1. The zero-order chi connectivity index (χ0) is 22.4. The average Bonchev–Trinajstić information content (AvgIpc) is 3.01. The Hall–Kier alpha value is -2.63. The molecule has 0 aliphatic carbocycles. The number of aryl methyl sites for hydroxylation is 1. The number of halogens is 1. The highest BCUT2D eigenvalue weighted by Crippen LogP contribution is 2.28. The van der Waals surface area contributed by atoms with E-state index in [1.807, 2.05) is 32.0 Å². The van der Waals surface area contributed by atoms with Gasteiger partial charge in [-0.3, -0.25) is 14.2 Å². The molecule has 0 saturated carbocycles. The lowest BCUT2D eigenvalue weighted by molar-refractivity contribution is -0.120. The number of amides is 1. The predicted molar refractivity (Wildman–Crippen MR) is 127 cm³/mol. The molecule has 0 atom stereocenters. The van der Waals surface area contributed by atoms with Gasteiger partial charge >= 0.3 is 0 Å². The molecule has 0 saturated heterocycles. The zero-order valence-electron chi connectivity index (χ0n) is 18.2. The Kier molecular flexibility index (Phi) is 7.88. The molecule has 3 aromatic rings. The van der Waals surface area contributed by atoms with E-state index < -0.39 is 0 Å². The van der Waals surface area contributed by atoms with Crippen LogP contribution in [0, 0.1) is 13.8 Å². The lowest BCUT2D eigenvalue weighted by Crippen LogP contribution is -2.26. The number of rotatable bonds is 9. The maximum atomic E-state index is 13.3. The third-order valence-electron chi connectivity index (χ3n) is 5.57. The van der Waals surface area contributed by atoms with Gasteiger partial charge in [-0.25, -0.2) is 0 Å². The Morgan fingerprint density at radius 2 is 1.71 bits per heavy atom. The van der Waals surface area contributed by atoms with Gasteiger partial charge in [-0.1, -0.05) is 36.1 Å². The fraction of sp³-hybridized carbons (Fsp3) is 0.360. The monoisotopic (exact) mass is 439 g/mol. The average molecular weight is 440 g/mol. The van der Waals surface area contributed by atoms with E-state index in [2.05, 4.69) is 5.32 Å². The molecule has 0 spiro atoms. The van der Waals surface area contributed by atoms with Crippen LogP contribution >= 0.6 is 11.6 Å². The van der Waals surface area contributed by atoms with Crippen LogP contribution in [0.25, 0.3) is 10.9 Å². The van der Waals surface area contributed by atoms with Crippen LogP contribution in [0.3, 0.4) is 0 Å². The lowest BCUT2D eigenvalue weighted by Gasteiger charge is -2.08. The number of nitrogens with zero attached hydrogens (tertiary/aromatic N) is 1. The molecule has 0 radical (unpaired) electrons. The quantitative estimate of drug-likeness (QED) is 0.471. The Labute approximate surface area is 188 Å². The normalized spacial score (nSPS) is 11.1. The number of aromatic nitrogens is 1. The van der Waals surface area contributed by atoms with Crippen LogP contribution in [0.2, 0.25) is 5.02 Å². The van der Waals surface area contributed by atoms with Gasteiger partial charge in [0.1, 0.15) is 0 Å². The van der Waals surface area contributed by atoms with Crippen molar-refractivity contribution in [2.45, 2.75) is 46.0 Å². The molecule has 3 rings (SSSR count). The molecule has 0 aliphatic rings. The smallest absolute Gasteiger partial charge is 0.262 e. The van der Waals surface area contributed by atoms with Gasteiger partial charge in [0.15, 0.2) is 0 Å². The Morgan fingerprint density at radius 3 is 2.42 bits per heavy atom. The van der Waals surface area contributed by atoms with Crippen molar-refractivity contribution in [3.8, 4) is 0 Å². The fourth-order valence-corrected chi connectivity index (χ4v) is 4.00. The first-order valence-electron chi connectivity index (χ1n) is 10.8. The lowest BCUT2D eigenvalue weighted by atomic mass is 10.1. The van der Waals surface area contributed by atoms with Crippen molar-refractivity contribution in [1.82, 2.24) is 9.88 Å². The number of hydrogen-bond donors (Lipinski definition) is 2. The molecule has 5 nitrogen and oxygen atoms in total. The van der Waals surface area contributed by atoms with Gasteiger partial charge in [-0.05, 0) is 75.2 Å². The van der Waals surface area contributed by atoms with Crippen LogP contribution < -0.4 is 11.1 Å². The van der Waals surface area contributed by atoms with E-state index >= 15 is 0 Å². The Bertz CT molecular complexity index is 1070. The van der Waals surface area contributed by atoms with Gasteiger partial charge in [0.2, 0.25) is 5.91 Å².